The monoisotopic (exact) mass is 355 g/mol. The quantitative estimate of drug-likeness (QED) is 0.756. The van der Waals surface area contributed by atoms with Crippen molar-refractivity contribution >= 4 is 11.6 Å². The first-order valence-corrected chi connectivity index (χ1v) is 9.58. The van der Waals surface area contributed by atoms with Crippen LogP contribution in [0.25, 0.3) is 0 Å². The summed E-state index contributed by atoms with van der Waals surface area (Å²) in [5, 5.41) is 6.47. The molecule has 1 aromatic heterocycles. The van der Waals surface area contributed by atoms with E-state index in [1.165, 1.54) is 19.3 Å². The van der Waals surface area contributed by atoms with Gasteiger partial charge >= 0.3 is 0 Å². The molecule has 0 saturated carbocycles. The molecular formula is C21H29N3O2. The van der Waals surface area contributed by atoms with E-state index < -0.39 is 0 Å². The molecule has 5 heteroatoms. The lowest BCUT2D eigenvalue weighted by Crippen LogP contribution is -2.41. The number of piperidine rings is 1. The van der Waals surface area contributed by atoms with Gasteiger partial charge in [0.15, 0.2) is 0 Å². The third-order valence-electron chi connectivity index (χ3n) is 4.91. The van der Waals surface area contributed by atoms with E-state index >= 15 is 0 Å². The maximum atomic E-state index is 12.2. The molecule has 26 heavy (non-hydrogen) atoms. The van der Waals surface area contributed by atoms with Crippen LogP contribution in [0.4, 0.5) is 5.69 Å². The second kappa shape index (κ2) is 9.55. The van der Waals surface area contributed by atoms with E-state index in [1.807, 2.05) is 42.5 Å². The standard InChI is InChI=1S/C21H29N3O2/c1-17(15-21(25)23-18-9-4-2-5-10-18)22-16-19(20-11-8-14-26-20)24-12-6-3-7-13-24/h2,4-5,8-11,14,17,19,22H,3,6-7,12-13,15-16H2,1H3,(H,23,25)/t17-,19+/m1/s1. The Balaban J connectivity index is 1.50. The summed E-state index contributed by atoms with van der Waals surface area (Å²) < 4.78 is 5.68. The Morgan fingerprint density at radius 2 is 1.88 bits per heavy atom. The van der Waals surface area contributed by atoms with Gasteiger partial charge in [-0.15, -0.1) is 0 Å². The third kappa shape index (κ3) is 5.44. The number of furan rings is 1. The Morgan fingerprint density at radius 1 is 1.12 bits per heavy atom. The summed E-state index contributed by atoms with van der Waals surface area (Å²) in [6, 6.07) is 13.9. The summed E-state index contributed by atoms with van der Waals surface area (Å²) in [7, 11) is 0. The Bertz CT molecular complexity index is 651. The van der Waals surface area contributed by atoms with Gasteiger partial charge in [0.2, 0.25) is 5.91 Å². The van der Waals surface area contributed by atoms with Crippen LogP contribution in [-0.4, -0.2) is 36.5 Å². The number of hydrogen-bond acceptors (Lipinski definition) is 4. The first kappa shape index (κ1) is 18.7. The fourth-order valence-electron chi connectivity index (χ4n) is 3.52. The molecule has 1 aliphatic rings. The summed E-state index contributed by atoms with van der Waals surface area (Å²) in [6.45, 7) is 5.05. The number of rotatable bonds is 8. The zero-order chi connectivity index (χ0) is 18.2. The number of para-hydroxylation sites is 1. The molecule has 0 radical (unpaired) electrons. The first-order chi connectivity index (χ1) is 12.7. The molecule has 1 aromatic carbocycles. The highest BCUT2D eigenvalue weighted by atomic mass is 16.3. The number of nitrogens with one attached hydrogen (secondary N) is 2. The van der Waals surface area contributed by atoms with Crippen LogP contribution in [0.2, 0.25) is 0 Å². The third-order valence-corrected chi connectivity index (χ3v) is 4.91. The van der Waals surface area contributed by atoms with Gasteiger partial charge in [0, 0.05) is 24.7 Å². The molecule has 1 aliphatic heterocycles. The number of nitrogens with zero attached hydrogens (tertiary/aromatic N) is 1. The van der Waals surface area contributed by atoms with E-state index in [4.69, 9.17) is 4.42 Å². The van der Waals surface area contributed by atoms with Crippen molar-refractivity contribution in [2.45, 2.75) is 44.7 Å². The van der Waals surface area contributed by atoms with Gasteiger partial charge in [-0.25, -0.2) is 0 Å². The van der Waals surface area contributed by atoms with Crippen molar-refractivity contribution in [3.05, 3.63) is 54.5 Å². The summed E-state index contributed by atoms with van der Waals surface area (Å²) in [6.07, 6.45) is 5.98. The van der Waals surface area contributed by atoms with Gasteiger partial charge < -0.3 is 15.1 Å². The molecule has 3 rings (SSSR count). The molecule has 2 N–H and O–H groups in total. The van der Waals surface area contributed by atoms with Gasteiger partial charge in [-0.05, 0) is 57.1 Å². The number of hydrogen-bond donors (Lipinski definition) is 2. The van der Waals surface area contributed by atoms with Crippen molar-refractivity contribution in [2.75, 3.05) is 25.0 Å². The molecule has 0 unspecified atom stereocenters. The lowest BCUT2D eigenvalue weighted by molar-refractivity contribution is -0.116. The van der Waals surface area contributed by atoms with Crippen LogP contribution < -0.4 is 10.6 Å². The van der Waals surface area contributed by atoms with Crippen LogP contribution >= 0.6 is 0 Å². The lowest BCUT2D eigenvalue weighted by atomic mass is 10.1. The van der Waals surface area contributed by atoms with Crippen molar-refractivity contribution in [3.63, 3.8) is 0 Å². The van der Waals surface area contributed by atoms with Crippen LogP contribution in [0.1, 0.15) is 44.4 Å². The smallest absolute Gasteiger partial charge is 0.225 e. The van der Waals surface area contributed by atoms with Crippen molar-refractivity contribution in [1.82, 2.24) is 10.2 Å². The highest BCUT2D eigenvalue weighted by Crippen LogP contribution is 2.24. The highest BCUT2D eigenvalue weighted by Gasteiger charge is 2.24. The van der Waals surface area contributed by atoms with Crippen molar-refractivity contribution in [1.29, 1.82) is 0 Å². The molecular weight excluding hydrogens is 326 g/mol. The first-order valence-electron chi connectivity index (χ1n) is 9.58. The molecule has 1 amide bonds. The maximum absolute atomic E-state index is 12.2. The summed E-state index contributed by atoms with van der Waals surface area (Å²) in [5.41, 5.74) is 0.839. The molecule has 0 bridgehead atoms. The average Bonchev–Trinajstić information content (AvgIpc) is 3.18. The van der Waals surface area contributed by atoms with Crippen molar-refractivity contribution in [2.24, 2.45) is 0 Å². The average molecular weight is 355 g/mol. The van der Waals surface area contributed by atoms with E-state index in [0.29, 0.717) is 6.42 Å². The molecule has 2 aromatic rings. The highest BCUT2D eigenvalue weighted by molar-refractivity contribution is 5.90. The van der Waals surface area contributed by atoms with E-state index in [1.54, 1.807) is 6.26 Å². The van der Waals surface area contributed by atoms with Crippen molar-refractivity contribution in [3.8, 4) is 0 Å². The van der Waals surface area contributed by atoms with Crippen LogP contribution in [-0.2, 0) is 4.79 Å². The predicted octanol–water partition coefficient (Wildman–Crippen LogP) is 3.81. The van der Waals surface area contributed by atoms with Gasteiger partial charge in [-0.3, -0.25) is 9.69 Å². The molecule has 1 fully saturated rings. The lowest BCUT2D eigenvalue weighted by Gasteiger charge is -2.34. The Hall–Kier alpha value is -2.11. The van der Waals surface area contributed by atoms with Gasteiger partial charge in [0.05, 0.1) is 12.3 Å². The molecule has 0 spiro atoms. The maximum Gasteiger partial charge on any atom is 0.225 e. The van der Waals surface area contributed by atoms with Crippen LogP contribution in [0.5, 0.6) is 0 Å². The zero-order valence-electron chi connectivity index (χ0n) is 15.5. The number of benzene rings is 1. The van der Waals surface area contributed by atoms with Crippen LogP contribution in [0.15, 0.2) is 53.1 Å². The molecule has 5 nitrogen and oxygen atoms in total. The normalized spacial score (nSPS) is 17.6. The Morgan fingerprint density at radius 3 is 2.58 bits per heavy atom. The zero-order valence-corrected chi connectivity index (χ0v) is 15.5. The Labute approximate surface area is 155 Å². The fourth-order valence-corrected chi connectivity index (χ4v) is 3.52. The topological polar surface area (TPSA) is 57.5 Å². The minimum absolute atomic E-state index is 0.0312. The van der Waals surface area contributed by atoms with E-state index in [2.05, 4.69) is 22.5 Å². The number of carbonyl (C=O) groups is 1. The summed E-state index contributed by atoms with van der Waals surface area (Å²) in [4.78, 5) is 14.7. The van der Waals surface area contributed by atoms with Gasteiger partial charge in [0.25, 0.3) is 0 Å². The molecule has 2 heterocycles. The number of amides is 1. The predicted molar refractivity (Wildman–Crippen MR) is 104 cm³/mol. The Kier molecular flexibility index (Phi) is 6.86. The SMILES string of the molecule is C[C@H](CC(=O)Nc1ccccc1)NC[C@@H](c1ccco1)N1CCCCC1. The minimum Gasteiger partial charge on any atom is -0.468 e. The van der Waals surface area contributed by atoms with Gasteiger partial charge in [-0.1, -0.05) is 24.6 Å². The van der Waals surface area contributed by atoms with Crippen molar-refractivity contribution < 1.29 is 9.21 Å². The largest absolute Gasteiger partial charge is 0.468 e. The molecule has 2 atom stereocenters. The van der Waals surface area contributed by atoms with E-state index in [9.17, 15) is 4.79 Å². The number of likely N-dealkylation sites (tertiary alicyclic amines) is 1. The second-order valence-corrected chi connectivity index (χ2v) is 7.06. The summed E-state index contributed by atoms with van der Waals surface area (Å²) >= 11 is 0. The second-order valence-electron chi connectivity index (χ2n) is 7.06. The molecule has 140 valence electrons. The van der Waals surface area contributed by atoms with E-state index in [-0.39, 0.29) is 18.0 Å². The van der Waals surface area contributed by atoms with Crippen LogP contribution in [0, 0.1) is 0 Å². The number of anilines is 1. The summed E-state index contributed by atoms with van der Waals surface area (Å²) in [5.74, 6) is 1.03. The van der Waals surface area contributed by atoms with Crippen LogP contribution in [0.3, 0.4) is 0 Å². The van der Waals surface area contributed by atoms with E-state index in [0.717, 1.165) is 31.1 Å². The minimum atomic E-state index is 0.0312. The van der Waals surface area contributed by atoms with Gasteiger partial charge in [-0.2, -0.15) is 0 Å². The fraction of sp³-hybridized carbons (Fsp3) is 0.476. The van der Waals surface area contributed by atoms with Gasteiger partial charge in [0.1, 0.15) is 5.76 Å². The molecule has 0 aliphatic carbocycles. The number of carbonyl (C=O) groups excluding carboxylic acids is 1. The molecule has 1 saturated heterocycles.